The zero-order valence-electron chi connectivity index (χ0n) is 12.5. The van der Waals surface area contributed by atoms with Crippen LogP contribution in [0.25, 0.3) is 0 Å². The molecule has 1 rings (SSSR count). The molecule has 0 aromatic carbocycles. The summed E-state index contributed by atoms with van der Waals surface area (Å²) in [4.78, 5) is 17.3. The Morgan fingerprint density at radius 1 is 1.24 bits per heavy atom. The number of rotatable bonds is 2. The first-order chi connectivity index (χ1) is 9.59. The fraction of sp³-hybridized carbons (Fsp3) is 0.846. The molecule has 1 saturated heterocycles. The lowest BCUT2D eigenvalue weighted by molar-refractivity contribution is -0.141. The molecule has 0 unspecified atom stereocenters. The van der Waals surface area contributed by atoms with Crippen molar-refractivity contribution in [1.29, 1.82) is 0 Å². The van der Waals surface area contributed by atoms with Gasteiger partial charge in [0, 0.05) is 18.5 Å². The molecule has 5 nitrogen and oxygen atoms in total. The summed E-state index contributed by atoms with van der Waals surface area (Å²) in [7, 11) is 0. The van der Waals surface area contributed by atoms with E-state index in [0.29, 0.717) is 32.1 Å². The van der Waals surface area contributed by atoms with Crippen LogP contribution in [0.1, 0.15) is 27.2 Å². The minimum absolute atomic E-state index is 0.416. The van der Waals surface area contributed by atoms with Crippen LogP contribution in [-0.4, -0.2) is 55.9 Å². The maximum Gasteiger partial charge on any atom is 0.435 e. The van der Waals surface area contributed by atoms with Crippen molar-refractivity contribution in [3.05, 3.63) is 0 Å². The van der Waals surface area contributed by atoms with Crippen LogP contribution in [0, 0.1) is 5.41 Å². The largest absolute Gasteiger partial charge is 0.448 e. The number of aliphatic imine (C=N–C) groups is 1. The van der Waals surface area contributed by atoms with Gasteiger partial charge in [-0.3, -0.25) is 0 Å². The lowest BCUT2D eigenvalue weighted by atomic mass is 9.93. The summed E-state index contributed by atoms with van der Waals surface area (Å²) in [5.74, 6) is 0.503. The number of morpholine rings is 1. The smallest absolute Gasteiger partial charge is 0.435 e. The predicted molar refractivity (Wildman–Crippen MR) is 71.3 cm³/mol. The summed E-state index contributed by atoms with van der Waals surface area (Å²) in [5, 5.41) is 0. The Hall–Kier alpha value is -1.31. The third-order valence-electron chi connectivity index (χ3n) is 2.79. The Balaban J connectivity index is 2.67. The minimum atomic E-state index is -4.35. The third kappa shape index (κ3) is 6.79. The SMILES string of the molecule is CC(C)(C)/C(=N/C(=O)OCCC(F)(F)F)N1CCOCC1. The predicted octanol–water partition coefficient (Wildman–Crippen LogP) is 2.85. The molecule has 0 aromatic heterocycles. The van der Waals surface area contributed by atoms with E-state index >= 15 is 0 Å². The van der Waals surface area contributed by atoms with E-state index in [9.17, 15) is 18.0 Å². The van der Waals surface area contributed by atoms with Crippen molar-refractivity contribution in [2.24, 2.45) is 10.4 Å². The first-order valence-corrected chi connectivity index (χ1v) is 6.75. The lowest BCUT2D eigenvalue weighted by Gasteiger charge is -2.35. The van der Waals surface area contributed by atoms with E-state index < -0.39 is 30.7 Å². The van der Waals surface area contributed by atoms with Crippen LogP contribution in [0.2, 0.25) is 0 Å². The van der Waals surface area contributed by atoms with Crippen molar-refractivity contribution in [1.82, 2.24) is 4.90 Å². The number of nitrogens with zero attached hydrogens (tertiary/aromatic N) is 2. The average molecular weight is 310 g/mol. The Kier molecular flexibility index (Phi) is 6.00. The van der Waals surface area contributed by atoms with Gasteiger partial charge in [-0.25, -0.2) is 4.79 Å². The molecule has 0 atom stereocenters. The van der Waals surface area contributed by atoms with Gasteiger partial charge in [0.25, 0.3) is 0 Å². The fourth-order valence-corrected chi connectivity index (χ4v) is 1.86. The van der Waals surface area contributed by atoms with Crippen LogP contribution in [0.4, 0.5) is 18.0 Å². The third-order valence-corrected chi connectivity index (χ3v) is 2.79. The second-order valence-electron chi connectivity index (χ2n) is 5.76. The number of carbonyl (C=O) groups excluding carboxylic acids is 1. The van der Waals surface area contributed by atoms with E-state index in [-0.39, 0.29) is 0 Å². The molecule has 0 aromatic rings. The van der Waals surface area contributed by atoms with Crippen molar-refractivity contribution < 1.29 is 27.4 Å². The van der Waals surface area contributed by atoms with Gasteiger partial charge >= 0.3 is 12.3 Å². The molecule has 122 valence electrons. The van der Waals surface area contributed by atoms with Crippen molar-refractivity contribution in [2.75, 3.05) is 32.9 Å². The minimum Gasteiger partial charge on any atom is -0.448 e. The molecule has 1 aliphatic heterocycles. The van der Waals surface area contributed by atoms with Crippen LogP contribution in [0.5, 0.6) is 0 Å². The summed E-state index contributed by atoms with van der Waals surface area (Å²) < 4.78 is 45.8. The number of amides is 1. The average Bonchev–Trinajstić information content (AvgIpc) is 2.34. The van der Waals surface area contributed by atoms with Gasteiger partial charge in [0.2, 0.25) is 0 Å². The summed E-state index contributed by atoms with van der Waals surface area (Å²) in [6.45, 7) is 7.15. The molecule has 1 amide bonds. The standard InChI is InChI=1S/C13H21F3N2O3/c1-12(2,3)10(18-5-8-20-9-6-18)17-11(19)21-7-4-13(14,15)16/h4-9H2,1-3H3/b17-10-. The van der Waals surface area contributed by atoms with E-state index in [0.717, 1.165) is 0 Å². The summed E-state index contributed by atoms with van der Waals surface area (Å²) in [6.07, 6.45) is -6.51. The first-order valence-electron chi connectivity index (χ1n) is 6.75. The van der Waals surface area contributed by atoms with Gasteiger partial charge in [-0.05, 0) is 0 Å². The molecule has 1 heterocycles. The van der Waals surface area contributed by atoms with Crippen LogP contribution in [0.3, 0.4) is 0 Å². The molecule has 8 heteroatoms. The van der Waals surface area contributed by atoms with Gasteiger partial charge in [-0.15, -0.1) is 0 Å². The number of halogens is 3. The maximum atomic E-state index is 12.0. The number of ether oxygens (including phenoxy) is 2. The molecule has 0 spiro atoms. The van der Waals surface area contributed by atoms with E-state index in [1.54, 1.807) is 0 Å². The summed E-state index contributed by atoms with van der Waals surface area (Å²) >= 11 is 0. The highest BCUT2D eigenvalue weighted by Gasteiger charge is 2.29. The highest BCUT2D eigenvalue weighted by atomic mass is 19.4. The van der Waals surface area contributed by atoms with Gasteiger partial charge in [0.05, 0.1) is 19.6 Å². The lowest BCUT2D eigenvalue weighted by Crippen LogP contribution is -2.46. The summed E-state index contributed by atoms with van der Waals surface area (Å²) in [6, 6.07) is 0. The molecule has 0 bridgehead atoms. The normalized spacial score (nSPS) is 17.8. The molecular weight excluding hydrogens is 289 g/mol. The number of alkyl halides is 3. The molecule has 1 fully saturated rings. The van der Waals surface area contributed by atoms with E-state index in [1.807, 2.05) is 25.7 Å². The highest BCUT2D eigenvalue weighted by Crippen LogP contribution is 2.21. The van der Waals surface area contributed by atoms with Crippen molar-refractivity contribution >= 4 is 11.9 Å². The highest BCUT2D eigenvalue weighted by molar-refractivity contribution is 5.95. The molecule has 1 aliphatic rings. The Morgan fingerprint density at radius 2 is 1.81 bits per heavy atom. The van der Waals surface area contributed by atoms with Gasteiger partial charge in [-0.2, -0.15) is 18.2 Å². The second-order valence-corrected chi connectivity index (χ2v) is 5.76. The van der Waals surface area contributed by atoms with Gasteiger partial charge in [0.15, 0.2) is 0 Å². The van der Waals surface area contributed by atoms with Crippen molar-refractivity contribution in [3.63, 3.8) is 0 Å². The Morgan fingerprint density at radius 3 is 2.29 bits per heavy atom. The molecular formula is C13H21F3N2O3. The van der Waals surface area contributed by atoms with Crippen LogP contribution < -0.4 is 0 Å². The molecule has 0 saturated carbocycles. The van der Waals surface area contributed by atoms with Gasteiger partial charge in [-0.1, -0.05) is 20.8 Å². The Bertz CT molecular complexity index is 383. The zero-order valence-corrected chi connectivity index (χ0v) is 12.5. The number of hydrogen-bond donors (Lipinski definition) is 0. The monoisotopic (exact) mass is 310 g/mol. The van der Waals surface area contributed by atoms with E-state index in [1.165, 1.54) is 0 Å². The van der Waals surface area contributed by atoms with Gasteiger partial charge in [0.1, 0.15) is 12.4 Å². The molecule has 21 heavy (non-hydrogen) atoms. The topological polar surface area (TPSA) is 51.1 Å². The molecule has 0 aliphatic carbocycles. The Labute approximate surface area is 122 Å². The number of carbonyl (C=O) groups is 1. The fourth-order valence-electron chi connectivity index (χ4n) is 1.86. The maximum absolute atomic E-state index is 12.0. The van der Waals surface area contributed by atoms with E-state index in [4.69, 9.17) is 4.74 Å². The second kappa shape index (κ2) is 7.11. The summed E-state index contributed by atoms with van der Waals surface area (Å²) in [5.41, 5.74) is -0.416. The van der Waals surface area contributed by atoms with Crippen LogP contribution >= 0.6 is 0 Å². The van der Waals surface area contributed by atoms with Gasteiger partial charge < -0.3 is 14.4 Å². The van der Waals surface area contributed by atoms with Crippen LogP contribution in [0.15, 0.2) is 4.99 Å². The molecule has 0 radical (unpaired) electrons. The van der Waals surface area contributed by atoms with Crippen molar-refractivity contribution in [3.8, 4) is 0 Å². The molecule has 0 N–H and O–H groups in total. The number of amidine groups is 1. The quantitative estimate of drug-likeness (QED) is 0.581. The van der Waals surface area contributed by atoms with E-state index in [2.05, 4.69) is 9.73 Å². The van der Waals surface area contributed by atoms with Crippen LogP contribution in [-0.2, 0) is 9.47 Å². The zero-order chi connectivity index (χ0) is 16.1. The number of hydrogen-bond acceptors (Lipinski definition) is 3. The first kappa shape index (κ1) is 17.7. The van der Waals surface area contributed by atoms with Crippen molar-refractivity contribution in [2.45, 2.75) is 33.4 Å².